The van der Waals surface area contributed by atoms with Gasteiger partial charge >= 0.3 is 0 Å². The van der Waals surface area contributed by atoms with Crippen molar-refractivity contribution in [2.45, 2.75) is 39.0 Å². The number of benzene rings is 1. The summed E-state index contributed by atoms with van der Waals surface area (Å²) in [6.45, 7) is 2.70. The van der Waals surface area contributed by atoms with Crippen LogP contribution in [0.15, 0.2) is 30.3 Å². The van der Waals surface area contributed by atoms with Crippen LogP contribution in [-0.2, 0) is 11.2 Å². The molecule has 1 amide bonds. The number of aryl methyl sites for hydroxylation is 1. The molecule has 2 rings (SSSR count). The molecule has 118 valence electrons. The summed E-state index contributed by atoms with van der Waals surface area (Å²) in [5, 5.41) is 12.4. The molecule has 1 heterocycles. The van der Waals surface area contributed by atoms with Gasteiger partial charge in [-0.15, -0.1) is 10.2 Å². The molecule has 0 aliphatic carbocycles. The summed E-state index contributed by atoms with van der Waals surface area (Å²) in [6, 6.07) is 9.75. The molecule has 0 saturated carbocycles. The first-order valence-electron chi connectivity index (χ1n) is 7.58. The predicted molar refractivity (Wildman–Crippen MR) is 88.3 cm³/mol. The number of carbonyl (C=O) groups is 1. The third-order valence-corrected chi connectivity index (χ3v) is 3.92. The molecule has 0 aliphatic heterocycles. The van der Waals surface area contributed by atoms with Crippen LogP contribution in [0.4, 0.5) is 5.13 Å². The fourth-order valence-corrected chi connectivity index (χ4v) is 2.65. The van der Waals surface area contributed by atoms with Crippen LogP contribution >= 0.6 is 11.3 Å². The summed E-state index contributed by atoms with van der Waals surface area (Å²) in [5.74, 6) is 0.889. The van der Waals surface area contributed by atoms with Gasteiger partial charge in [-0.2, -0.15) is 0 Å². The summed E-state index contributed by atoms with van der Waals surface area (Å²) < 4.78 is 5.63. The average Bonchev–Trinajstić information content (AvgIpc) is 2.98. The van der Waals surface area contributed by atoms with Crippen molar-refractivity contribution in [3.63, 3.8) is 0 Å². The van der Waals surface area contributed by atoms with Gasteiger partial charge in [-0.1, -0.05) is 42.9 Å². The molecular weight excluding hydrogens is 298 g/mol. The zero-order chi connectivity index (χ0) is 15.6. The minimum absolute atomic E-state index is 0.0111. The molecule has 0 unspecified atom stereocenters. The van der Waals surface area contributed by atoms with E-state index in [9.17, 15) is 4.79 Å². The van der Waals surface area contributed by atoms with Crippen molar-refractivity contribution >= 4 is 22.4 Å². The van der Waals surface area contributed by atoms with Crippen molar-refractivity contribution in [3.8, 4) is 5.75 Å². The highest BCUT2D eigenvalue weighted by molar-refractivity contribution is 7.15. The monoisotopic (exact) mass is 319 g/mol. The average molecular weight is 319 g/mol. The van der Waals surface area contributed by atoms with E-state index in [-0.39, 0.29) is 5.91 Å². The number of aromatic nitrogens is 2. The summed E-state index contributed by atoms with van der Waals surface area (Å²) >= 11 is 1.43. The maximum absolute atomic E-state index is 11.6. The van der Waals surface area contributed by atoms with Gasteiger partial charge in [0.1, 0.15) is 10.8 Å². The molecule has 0 fully saturated rings. The number of rotatable bonds is 9. The highest BCUT2D eigenvalue weighted by atomic mass is 32.1. The quantitative estimate of drug-likeness (QED) is 0.716. The largest absolute Gasteiger partial charge is 0.494 e. The molecule has 0 bridgehead atoms. The van der Waals surface area contributed by atoms with E-state index < -0.39 is 0 Å². The SMILES string of the molecule is CCCCC(=O)Nc1nnc(CCCOc2ccccc2)s1. The number of anilines is 1. The Morgan fingerprint density at radius 2 is 2.05 bits per heavy atom. The molecule has 0 radical (unpaired) electrons. The minimum Gasteiger partial charge on any atom is -0.494 e. The molecule has 2 aromatic rings. The van der Waals surface area contributed by atoms with Crippen LogP contribution in [0.5, 0.6) is 5.75 Å². The van der Waals surface area contributed by atoms with Crippen LogP contribution in [0.1, 0.15) is 37.6 Å². The topological polar surface area (TPSA) is 64.1 Å². The highest BCUT2D eigenvalue weighted by Crippen LogP contribution is 2.17. The first-order valence-corrected chi connectivity index (χ1v) is 8.39. The number of carbonyl (C=O) groups excluding carboxylic acids is 1. The zero-order valence-corrected chi connectivity index (χ0v) is 13.6. The first-order chi connectivity index (χ1) is 10.8. The lowest BCUT2D eigenvalue weighted by atomic mass is 10.2. The predicted octanol–water partition coefficient (Wildman–Crippen LogP) is 3.68. The van der Waals surface area contributed by atoms with Gasteiger partial charge in [0.25, 0.3) is 0 Å². The summed E-state index contributed by atoms with van der Waals surface area (Å²) in [5.41, 5.74) is 0. The lowest BCUT2D eigenvalue weighted by molar-refractivity contribution is -0.116. The third kappa shape index (κ3) is 5.81. The fourth-order valence-electron chi connectivity index (χ4n) is 1.85. The molecule has 0 atom stereocenters. The maximum atomic E-state index is 11.6. The molecule has 6 heteroatoms. The molecule has 22 heavy (non-hydrogen) atoms. The Kier molecular flexibility index (Phi) is 6.83. The number of hydrogen-bond acceptors (Lipinski definition) is 5. The van der Waals surface area contributed by atoms with Gasteiger partial charge < -0.3 is 10.1 Å². The van der Waals surface area contributed by atoms with Crippen LogP contribution in [-0.4, -0.2) is 22.7 Å². The molecule has 0 saturated heterocycles. The van der Waals surface area contributed by atoms with Gasteiger partial charge in [-0.25, -0.2) is 0 Å². The molecular formula is C16H21N3O2S. The lowest BCUT2D eigenvalue weighted by Crippen LogP contribution is -2.10. The van der Waals surface area contributed by atoms with E-state index >= 15 is 0 Å². The van der Waals surface area contributed by atoms with Crippen molar-refractivity contribution in [1.29, 1.82) is 0 Å². The van der Waals surface area contributed by atoms with Gasteiger partial charge in [0.2, 0.25) is 11.0 Å². The normalized spacial score (nSPS) is 10.4. The van der Waals surface area contributed by atoms with Crippen molar-refractivity contribution in [1.82, 2.24) is 10.2 Å². The molecule has 1 N–H and O–H groups in total. The Balaban J connectivity index is 1.67. The van der Waals surface area contributed by atoms with E-state index in [1.807, 2.05) is 30.3 Å². The zero-order valence-electron chi connectivity index (χ0n) is 12.7. The Hall–Kier alpha value is -1.95. The van der Waals surface area contributed by atoms with Gasteiger partial charge in [0, 0.05) is 12.8 Å². The van der Waals surface area contributed by atoms with Crippen molar-refractivity contribution in [3.05, 3.63) is 35.3 Å². The van der Waals surface area contributed by atoms with Gasteiger partial charge in [-0.3, -0.25) is 4.79 Å². The van der Waals surface area contributed by atoms with Gasteiger partial charge in [0.05, 0.1) is 6.61 Å². The number of unbranched alkanes of at least 4 members (excludes halogenated alkanes) is 1. The van der Waals surface area contributed by atoms with Crippen LogP contribution in [0.2, 0.25) is 0 Å². The van der Waals surface area contributed by atoms with E-state index in [0.29, 0.717) is 18.2 Å². The number of hydrogen-bond donors (Lipinski definition) is 1. The van der Waals surface area contributed by atoms with E-state index in [0.717, 1.165) is 36.4 Å². The van der Waals surface area contributed by atoms with E-state index in [4.69, 9.17) is 4.74 Å². The Morgan fingerprint density at radius 1 is 1.23 bits per heavy atom. The van der Waals surface area contributed by atoms with E-state index in [1.54, 1.807) is 0 Å². The lowest BCUT2D eigenvalue weighted by Gasteiger charge is -2.04. The minimum atomic E-state index is 0.0111. The second-order valence-electron chi connectivity index (χ2n) is 4.92. The maximum Gasteiger partial charge on any atom is 0.226 e. The Bertz CT molecular complexity index is 572. The van der Waals surface area contributed by atoms with Crippen molar-refractivity contribution < 1.29 is 9.53 Å². The number of para-hydroxylation sites is 1. The Morgan fingerprint density at radius 3 is 2.82 bits per heavy atom. The Labute approximate surface area is 134 Å². The molecule has 0 aliphatic rings. The molecule has 0 spiro atoms. The van der Waals surface area contributed by atoms with Crippen molar-refractivity contribution in [2.24, 2.45) is 0 Å². The third-order valence-electron chi connectivity index (χ3n) is 3.02. The van der Waals surface area contributed by atoms with Crippen molar-refractivity contribution in [2.75, 3.05) is 11.9 Å². The van der Waals surface area contributed by atoms with E-state index in [1.165, 1.54) is 11.3 Å². The second-order valence-corrected chi connectivity index (χ2v) is 5.98. The molecule has 1 aromatic heterocycles. The summed E-state index contributed by atoms with van der Waals surface area (Å²) in [6.07, 6.45) is 4.11. The van der Waals surface area contributed by atoms with Crippen LogP contribution in [0, 0.1) is 0 Å². The number of ether oxygens (including phenoxy) is 1. The molecule has 1 aromatic carbocycles. The number of amides is 1. The molecule has 5 nitrogen and oxygen atoms in total. The van der Waals surface area contributed by atoms with Gasteiger partial charge in [0.15, 0.2) is 0 Å². The van der Waals surface area contributed by atoms with Crippen LogP contribution in [0.25, 0.3) is 0 Å². The fraction of sp³-hybridized carbons (Fsp3) is 0.438. The highest BCUT2D eigenvalue weighted by Gasteiger charge is 2.07. The van der Waals surface area contributed by atoms with E-state index in [2.05, 4.69) is 22.4 Å². The smallest absolute Gasteiger partial charge is 0.226 e. The number of nitrogens with zero attached hydrogens (tertiary/aromatic N) is 2. The standard InChI is InChI=1S/C16H21N3O2S/c1-2-3-10-14(20)17-16-19-18-15(22-16)11-7-12-21-13-8-5-4-6-9-13/h4-6,8-9H,2-3,7,10-12H2,1H3,(H,17,19,20). The van der Waals surface area contributed by atoms with Crippen LogP contribution in [0.3, 0.4) is 0 Å². The van der Waals surface area contributed by atoms with Crippen LogP contribution < -0.4 is 10.1 Å². The first kappa shape index (κ1) is 16.4. The summed E-state index contributed by atoms with van der Waals surface area (Å²) in [7, 11) is 0. The summed E-state index contributed by atoms with van der Waals surface area (Å²) in [4.78, 5) is 11.6. The second kappa shape index (κ2) is 9.15. The number of nitrogens with one attached hydrogen (secondary N) is 1. The van der Waals surface area contributed by atoms with Gasteiger partial charge in [-0.05, 0) is 25.0 Å².